The third kappa shape index (κ3) is 54.7. The monoisotopic (exact) mass is 927 g/mol. The van der Waals surface area contributed by atoms with E-state index in [0.717, 1.165) is 51.4 Å². The van der Waals surface area contributed by atoms with Gasteiger partial charge in [-0.1, -0.05) is 294 Å². The second-order valence-corrected chi connectivity index (χ2v) is 20.1. The smallest absolute Gasteiger partial charge is 0.306 e. The highest BCUT2D eigenvalue weighted by Crippen LogP contribution is 2.18. The van der Waals surface area contributed by atoms with Crippen molar-refractivity contribution in [2.45, 2.75) is 328 Å². The molecule has 0 spiro atoms. The summed E-state index contributed by atoms with van der Waals surface area (Å²) in [5, 5.41) is 9.66. The van der Waals surface area contributed by atoms with Gasteiger partial charge >= 0.3 is 11.9 Å². The number of aliphatic hydroxyl groups is 1. The van der Waals surface area contributed by atoms with Crippen LogP contribution in [0.15, 0.2) is 36.5 Å². The van der Waals surface area contributed by atoms with Gasteiger partial charge in [0.05, 0.1) is 6.61 Å². The average molecular weight is 928 g/mol. The number of carbonyl (C=O) groups is 2. The third-order valence-electron chi connectivity index (χ3n) is 13.4. The molecule has 0 aliphatic heterocycles. The van der Waals surface area contributed by atoms with E-state index in [1.54, 1.807) is 0 Å². The molecule has 0 aliphatic rings. The van der Waals surface area contributed by atoms with E-state index < -0.39 is 6.10 Å². The van der Waals surface area contributed by atoms with Crippen LogP contribution in [0.25, 0.3) is 0 Å². The zero-order valence-electron chi connectivity index (χ0n) is 44.5. The maximum atomic E-state index is 12.3. The SMILES string of the molecule is CCCCCCC/C=C\C/C=C\C/C=C\CCCCCCCCCCC(=O)OC(CO)COC(=O)CCCCCCCCCCCCCCCCCCCCCCCCCCCCCCC. The zero-order valence-corrected chi connectivity index (χ0v) is 44.5. The first-order valence-electron chi connectivity index (χ1n) is 29.5. The first-order valence-corrected chi connectivity index (χ1v) is 29.5. The minimum absolute atomic E-state index is 0.0648. The Labute approximate surface area is 412 Å². The molecule has 0 saturated carbocycles. The molecule has 0 aromatic heterocycles. The fourth-order valence-corrected chi connectivity index (χ4v) is 8.98. The molecule has 0 fully saturated rings. The number of unbranched alkanes of at least 4 members (excludes halogenated alkanes) is 41. The van der Waals surface area contributed by atoms with Crippen molar-refractivity contribution in [3.8, 4) is 0 Å². The van der Waals surface area contributed by atoms with Gasteiger partial charge in [0.2, 0.25) is 0 Å². The van der Waals surface area contributed by atoms with Crippen molar-refractivity contribution < 1.29 is 24.2 Å². The lowest BCUT2D eigenvalue weighted by molar-refractivity contribution is -0.161. The Bertz CT molecular complexity index is 1050. The molecule has 0 aromatic carbocycles. The second-order valence-electron chi connectivity index (χ2n) is 20.1. The highest BCUT2D eigenvalue weighted by molar-refractivity contribution is 5.70. The lowest BCUT2D eigenvalue weighted by atomic mass is 10.0. The van der Waals surface area contributed by atoms with E-state index >= 15 is 0 Å². The predicted octanol–water partition coefficient (Wildman–Crippen LogP) is 19.9. The minimum atomic E-state index is -0.775. The molecule has 0 aromatic rings. The van der Waals surface area contributed by atoms with Gasteiger partial charge in [0.1, 0.15) is 6.61 Å². The molecule has 66 heavy (non-hydrogen) atoms. The van der Waals surface area contributed by atoms with E-state index in [9.17, 15) is 14.7 Å². The van der Waals surface area contributed by atoms with Crippen LogP contribution in [0.1, 0.15) is 322 Å². The normalized spacial score (nSPS) is 12.3. The highest BCUT2D eigenvalue weighted by atomic mass is 16.6. The maximum absolute atomic E-state index is 12.3. The molecular formula is C61H114O5. The predicted molar refractivity (Wildman–Crippen MR) is 288 cm³/mol. The largest absolute Gasteiger partial charge is 0.462 e. The average Bonchev–Trinajstić information content (AvgIpc) is 3.32. The summed E-state index contributed by atoms with van der Waals surface area (Å²) in [4.78, 5) is 24.5. The van der Waals surface area contributed by atoms with Gasteiger partial charge in [-0.2, -0.15) is 0 Å². The van der Waals surface area contributed by atoms with Crippen LogP contribution in [0.5, 0.6) is 0 Å². The van der Waals surface area contributed by atoms with Gasteiger partial charge in [-0.05, 0) is 51.4 Å². The Morgan fingerprint density at radius 2 is 0.606 bits per heavy atom. The van der Waals surface area contributed by atoms with Gasteiger partial charge in [-0.3, -0.25) is 9.59 Å². The summed E-state index contributed by atoms with van der Waals surface area (Å²) in [6, 6.07) is 0. The van der Waals surface area contributed by atoms with Crippen molar-refractivity contribution >= 4 is 11.9 Å². The quantitative estimate of drug-likeness (QED) is 0.0374. The number of hydrogen-bond donors (Lipinski definition) is 1. The molecule has 1 N–H and O–H groups in total. The number of rotatable bonds is 55. The number of allylic oxidation sites excluding steroid dienone is 6. The number of esters is 2. The van der Waals surface area contributed by atoms with E-state index in [4.69, 9.17) is 9.47 Å². The summed E-state index contributed by atoms with van der Waals surface area (Å²) >= 11 is 0. The van der Waals surface area contributed by atoms with Crippen molar-refractivity contribution in [3.05, 3.63) is 36.5 Å². The van der Waals surface area contributed by atoms with Gasteiger partial charge in [-0.25, -0.2) is 0 Å². The van der Waals surface area contributed by atoms with Crippen LogP contribution in [0.2, 0.25) is 0 Å². The molecule has 1 unspecified atom stereocenters. The maximum Gasteiger partial charge on any atom is 0.306 e. The van der Waals surface area contributed by atoms with Crippen molar-refractivity contribution in [2.24, 2.45) is 0 Å². The molecule has 0 aliphatic carbocycles. The molecule has 5 heteroatoms. The fourth-order valence-electron chi connectivity index (χ4n) is 8.98. The zero-order chi connectivity index (χ0) is 47.7. The third-order valence-corrected chi connectivity index (χ3v) is 13.4. The standard InChI is InChI=1S/C61H114O5/c1-3-5-7-9-11-13-15-17-19-21-23-25-27-28-29-30-31-32-34-35-37-39-41-43-45-47-49-51-53-55-60(63)65-58-59(57-62)66-61(64)56-54-52-50-48-46-44-42-40-38-36-33-26-24-22-20-18-16-14-12-10-8-6-4-2/h16,18,22,24,33,36,59,62H,3-15,17,19-21,23,25-32,34-35,37-58H2,1-2H3/b18-16-,24-22-,36-33-. The summed E-state index contributed by atoms with van der Waals surface area (Å²) in [6.45, 7) is 4.17. The van der Waals surface area contributed by atoms with Gasteiger partial charge in [0.15, 0.2) is 6.10 Å². The molecule has 388 valence electrons. The van der Waals surface area contributed by atoms with Crippen LogP contribution in [-0.4, -0.2) is 36.4 Å². The van der Waals surface area contributed by atoms with Crippen molar-refractivity contribution in [3.63, 3.8) is 0 Å². The lowest BCUT2D eigenvalue weighted by Crippen LogP contribution is -2.28. The van der Waals surface area contributed by atoms with E-state index in [2.05, 4.69) is 50.3 Å². The van der Waals surface area contributed by atoms with Crippen molar-refractivity contribution in [2.75, 3.05) is 13.2 Å². The summed E-state index contributed by atoms with van der Waals surface area (Å²) < 4.78 is 10.7. The summed E-state index contributed by atoms with van der Waals surface area (Å²) in [5.74, 6) is -0.582. The Kier molecular flexibility index (Phi) is 55.8. The number of aliphatic hydroxyl groups excluding tert-OH is 1. The van der Waals surface area contributed by atoms with Crippen LogP contribution in [-0.2, 0) is 19.1 Å². The van der Waals surface area contributed by atoms with E-state index in [0.29, 0.717) is 12.8 Å². The number of hydrogen-bond acceptors (Lipinski definition) is 5. The number of carbonyl (C=O) groups excluding carboxylic acids is 2. The van der Waals surface area contributed by atoms with Crippen molar-refractivity contribution in [1.29, 1.82) is 0 Å². The topological polar surface area (TPSA) is 72.8 Å². The Morgan fingerprint density at radius 3 is 0.909 bits per heavy atom. The van der Waals surface area contributed by atoms with Crippen LogP contribution in [0.3, 0.4) is 0 Å². The van der Waals surface area contributed by atoms with Gasteiger partial charge < -0.3 is 14.6 Å². The van der Waals surface area contributed by atoms with Crippen LogP contribution in [0, 0.1) is 0 Å². The fraction of sp³-hybridized carbons (Fsp3) is 0.869. The van der Waals surface area contributed by atoms with Gasteiger partial charge in [0, 0.05) is 12.8 Å². The highest BCUT2D eigenvalue weighted by Gasteiger charge is 2.16. The van der Waals surface area contributed by atoms with Crippen LogP contribution >= 0.6 is 0 Å². The molecule has 0 rings (SSSR count). The van der Waals surface area contributed by atoms with Crippen LogP contribution < -0.4 is 0 Å². The molecule has 0 radical (unpaired) electrons. The molecule has 0 amide bonds. The van der Waals surface area contributed by atoms with Crippen LogP contribution in [0.4, 0.5) is 0 Å². The molecule has 0 bridgehead atoms. The minimum Gasteiger partial charge on any atom is -0.462 e. The molecular weight excluding hydrogens is 813 g/mol. The first-order chi connectivity index (χ1) is 32.6. The summed E-state index contributed by atoms with van der Waals surface area (Å²) in [7, 11) is 0. The Balaban J connectivity index is 3.44. The lowest BCUT2D eigenvalue weighted by Gasteiger charge is -2.15. The molecule has 0 saturated heterocycles. The number of ether oxygens (including phenoxy) is 2. The van der Waals surface area contributed by atoms with Crippen molar-refractivity contribution in [1.82, 2.24) is 0 Å². The summed E-state index contributed by atoms with van der Waals surface area (Å²) in [5.41, 5.74) is 0. The van der Waals surface area contributed by atoms with Gasteiger partial charge in [0.25, 0.3) is 0 Å². The first kappa shape index (κ1) is 64.1. The molecule has 0 heterocycles. The Morgan fingerprint density at radius 1 is 0.348 bits per heavy atom. The van der Waals surface area contributed by atoms with E-state index in [1.807, 2.05) is 0 Å². The van der Waals surface area contributed by atoms with E-state index in [1.165, 1.54) is 244 Å². The Hall–Kier alpha value is -1.88. The summed E-state index contributed by atoms with van der Waals surface area (Å²) in [6.07, 6.45) is 74.2. The van der Waals surface area contributed by atoms with Gasteiger partial charge in [-0.15, -0.1) is 0 Å². The molecule has 5 nitrogen and oxygen atoms in total. The molecule has 1 atom stereocenters. The second kappa shape index (κ2) is 57.4. The van der Waals surface area contributed by atoms with E-state index in [-0.39, 0.29) is 25.2 Å².